The fraction of sp³-hybridized carbons (Fsp3) is 0.573. The van der Waals surface area contributed by atoms with Gasteiger partial charge in [0.25, 0.3) is 5.91 Å². The summed E-state index contributed by atoms with van der Waals surface area (Å²) in [5.41, 5.74) is 4.74. The van der Waals surface area contributed by atoms with Gasteiger partial charge in [-0.25, -0.2) is 9.59 Å². The monoisotopic (exact) mass is 1670 g/mol. The van der Waals surface area contributed by atoms with Crippen LogP contribution in [0.25, 0.3) is 0 Å². The number of nitrogens with zero attached hydrogens (tertiary/aromatic N) is 3. The zero-order valence-corrected chi connectivity index (χ0v) is 71.8. The van der Waals surface area contributed by atoms with Gasteiger partial charge in [-0.1, -0.05) is 38.8 Å². The quantitative estimate of drug-likeness (QED) is 0.0473. The average Bonchev–Trinajstić information content (AvgIpc) is 1.66. The van der Waals surface area contributed by atoms with Gasteiger partial charge < -0.3 is 127 Å². The minimum Gasteiger partial charge on any atom is -0.388 e. The van der Waals surface area contributed by atoms with Crippen molar-refractivity contribution in [3.8, 4) is 11.8 Å². The molecule has 17 N–H and O–H groups in total. The zero-order chi connectivity index (χ0) is 82.9. The number of aliphatic hydroxyl groups excluding tert-OH is 10. The molecule has 0 radical (unpaired) electrons. The Morgan fingerprint density at radius 1 is 0.427 bits per heavy atom. The molecule has 0 aromatic heterocycles. The van der Waals surface area contributed by atoms with Crippen molar-refractivity contribution in [2.24, 2.45) is 0 Å². The van der Waals surface area contributed by atoms with E-state index in [0.29, 0.717) is 87.4 Å². The number of thiocarbonyl (C=S) groups is 2. The highest BCUT2D eigenvalue weighted by molar-refractivity contribution is 7.80. The van der Waals surface area contributed by atoms with Gasteiger partial charge in [0.1, 0.15) is 96.8 Å². The lowest BCUT2D eigenvalue weighted by Gasteiger charge is -2.33. The largest absolute Gasteiger partial charge is 0.388 e. The molecule has 5 saturated heterocycles. The number of hydrogen-bond acceptors (Lipinski definition) is 21. The van der Waals surface area contributed by atoms with Gasteiger partial charge in [0, 0.05) is 90.2 Å². The van der Waals surface area contributed by atoms with Crippen LogP contribution in [0.4, 0.5) is 9.59 Å². The lowest BCUT2D eigenvalue weighted by atomic mass is 9.99. The maximum absolute atomic E-state index is 11.9. The fourth-order valence-corrected chi connectivity index (χ4v) is 17.9. The number of nitrogens with one attached hydrogen (secondary N) is 7. The van der Waals surface area contributed by atoms with Crippen LogP contribution in [0.5, 0.6) is 0 Å². The minimum absolute atomic E-state index is 0.253. The summed E-state index contributed by atoms with van der Waals surface area (Å²) in [5.74, 6) is 5.30. The number of ether oxygens (including phenoxy) is 5. The fourth-order valence-electron chi connectivity index (χ4n) is 12.8. The predicted molar refractivity (Wildman–Crippen MR) is 460 cm³/mol. The van der Waals surface area contributed by atoms with Crippen LogP contribution in [-0.2, 0) is 28.5 Å². The first-order chi connectivity index (χ1) is 50.7. The molecule has 10 aliphatic rings. The normalized spacial score (nSPS) is 32.6. The first-order valence-electron chi connectivity index (χ1n) is 35.9. The van der Waals surface area contributed by atoms with Gasteiger partial charge in [-0.05, 0) is 161 Å². The average molecular weight is 1670 g/mol. The molecule has 0 spiro atoms. The van der Waals surface area contributed by atoms with Crippen molar-refractivity contribution in [1.82, 2.24) is 51.9 Å². The smallest absolute Gasteiger partial charge is 0.325 e. The van der Waals surface area contributed by atoms with Crippen molar-refractivity contribution >= 4 is 119 Å². The molecule has 0 unspecified atom stereocenters. The Balaban J connectivity index is 0.000000215. The minimum atomic E-state index is -1.25. The highest BCUT2D eigenvalue weighted by Crippen LogP contribution is 2.45. The molecule has 0 saturated carbocycles. The second-order valence-corrected chi connectivity index (χ2v) is 54.8. The molecule has 10 heterocycles. The summed E-state index contributed by atoms with van der Waals surface area (Å²) in [6.07, 6.45) is 21.2. The van der Waals surface area contributed by atoms with E-state index in [4.69, 9.17) is 48.1 Å². The molecule has 616 valence electrons. The molecule has 5 amide bonds. The maximum atomic E-state index is 11.9. The molecule has 20 atom stereocenters. The van der Waals surface area contributed by atoms with Gasteiger partial charge in [-0.3, -0.25) is 4.79 Å². The van der Waals surface area contributed by atoms with E-state index in [2.05, 4.69) is 180 Å². The Morgan fingerprint density at radius 3 is 1.12 bits per heavy atom. The van der Waals surface area contributed by atoms with Crippen LogP contribution in [0.1, 0.15) is 39.0 Å². The third-order valence-corrected chi connectivity index (χ3v) is 27.1. The van der Waals surface area contributed by atoms with Crippen LogP contribution >= 0.6 is 58.9 Å². The van der Waals surface area contributed by atoms with Gasteiger partial charge in [-0.15, -0.1) is 71.8 Å². The highest BCUT2D eigenvalue weighted by Gasteiger charge is 2.51. The van der Waals surface area contributed by atoms with E-state index in [1.807, 2.05) is 7.05 Å². The molecule has 35 heteroatoms. The molecule has 28 nitrogen and oxygen atoms in total. The van der Waals surface area contributed by atoms with E-state index in [1.54, 1.807) is 37.5 Å². The first-order valence-corrected chi connectivity index (χ1v) is 52.0. The number of carbonyl (C=O) groups excluding carboxylic acids is 3. The van der Waals surface area contributed by atoms with Crippen molar-refractivity contribution in [3.63, 3.8) is 0 Å². The van der Waals surface area contributed by atoms with E-state index < -0.39 is 144 Å². The van der Waals surface area contributed by atoms with Crippen LogP contribution < -0.4 is 37.2 Å². The molecular weight excluding hydrogens is 1550 g/mol. The van der Waals surface area contributed by atoms with Crippen molar-refractivity contribution in [2.75, 3.05) is 112 Å². The van der Waals surface area contributed by atoms with Crippen molar-refractivity contribution in [2.45, 2.75) is 161 Å². The summed E-state index contributed by atoms with van der Waals surface area (Å²) in [7, 11) is 3.42. The molecule has 0 bridgehead atoms. The molecule has 110 heavy (non-hydrogen) atoms. The first kappa shape index (κ1) is 93.9. The number of carbonyl (C=O) groups is 3. The number of urea groups is 2. The van der Waals surface area contributed by atoms with Crippen molar-refractivity contribution < 1.29 is 89.1 Å². The SMILES string of the molecule is C=C1NC(=O)C(C#CC)=CN1[C@@H]1O[C@H](CCP(=C)(C)C)[C@@H](O)[C@H]1O.C=C1NC(=O)N(C)C=C1[C@@H]1O[C@H](CCP(=C)(C)C)[C@@H](O)[C@H]1O.C=C1NC(=O)NC=C1[C@@H]1O[C@H](CCP(=C)(C)C)[C@@H](O)[C@H]1O.C=C1NC(=S)N(C)C=C1[C@@H]1O[C@H](CCP(=C)(C)C)[C@@H](O)[C@H]1O.C=C1NC(=S)NC=C1[C@@H]1O[C@H](CCP(=C)(C)C)[C@@H](O)[C@H]1O. The second kappa shape index (κ2) is 39.1. The van der Waals surface area contributed by atoms with E-state index in [0.717, 1.165) is 30.8 Å². The van der Waals surface area contributed by atoms with Crippen molar-refractivity contribution in [3.05, 3.63) is 120 Å². The van der Waals surface area contributed by atoms with Gasteiger partial charge in [0.05, 0.1) is 30.5 Å². The number of rotatable bonds is 20. The van der Waals surface area contributed by atoms with E-state index in [-0.39, 0.29) is 41.6 Å². The maximum Gasteiger partial charge on any atom is 0.325 e. The molecule has 0 aliphatic carbocycles. The van der Waals surface area contributed by atoms with Gasteiger partial charge in [0.15, 0.2) is 16.5 Å². The Labute approximate surface area is 660 Å². The van der Waals surface area contributed by atoms with Crippen LogP contribution in [0.2, 0.25) is 0 Å². The second-order valence-electron chi connectivity index (χ2n) is 32.4. The van der Waals surface area contributed by atoms with Crippen LogP contribution in [0.15, 0.2) is 120 Å². The molecule has 10 aliphatic heterocycles. The molecule has 10 rings (SSSR count). The Kier molecular flexibility index (Phi) is 33.4. The lowest BCUT2D eigenvalue weighted by molar-refractivity contribution is -0.119. The van der Waals surface area contributed by atoms with Crippen molar-refractivity contribution in [1.29, 1.82) is 0 Å². The molecule has 0 aromatic carbocycles. The summed E-state index contributed by atoms with van der Waals surface area (Å²) in [4.78, 5) is 39.2. The number of hydrogen-bond donors (Lipinski definition) is 17. The van der Waals surface area contributed by atoms with Gasteiger partial charge in [0.2, 0.25) is 0 Å². The van der Waals surface area contributed by atoms with E-state index in [9.17, 15) is 65.4 Å². The van der Waals surface area contributed by atoms with E-state index in [1.165, 1.54) is 22.2 Å². The Hall–Kier alpha value is -4.95. The number of amides is 5. The topological polar surface area (TPSA) is 394 Å². The van der Waals surface area contributed by atoms with Crippen LogP contribution in [0, 0.1) is 11.8 Å². The lowest BCUT2D eigenvalue weighted by Crippen LogP contribution is -2.47. The molecule has 0 aromatic rings. The van der Waals surface area contributed by atoms with E-state index >= 15 is 0 Å². The predicted octanol–water partition coefficient (Wildman–Crippen LogP) is 2.50. The zero-order valence-electron chi connectivity index (χ0n) is 65.7. The standard InChI is InChI=1S/C17H25N2O4P.C15H25N2O4P.C15H25N2O3PS.C14H23N2O4P.C14H23N2O3PS/c1-6-7-12-10-19(11(2)18-16(12)22)17-15(21)14(20)13(23-17)8-9-24(3,4)5;1-9-10(8-17(2)15(20)16-9)14-13(19)12(18)11(21-14)6-7-22(3,4)5;1-9-10(8-17(2)15(22)16-9)14-13(19)12(18)11(20-14)6-7-21(3,4)5;1-8-9(7-15-14(19)16-8)13-12(18)11(17)10(20-13)5-6-21(2,3)4;1-8-9(7-15-14(21)16-8)13-12(18)11(17)10(19-13)5-6-20(2,3)4/h10,13-15,17,20-21H,2-3,8-9H2,1,4-5H3,(H,18,22);8,11-14,18-19H,1,3,6-7H2,2,4-5H3,(H,16,20);8,11-14,18-19H,1,3,6-7H2,2,4-5H3,(H,16,22);7,10-13,17-18H,1-2,5-6H2,3-4H3,(H2,15,16,19);7,10-13,17-18H,1-2,5-6H2,3-4H3,(H2,15,16,21)/t13-,14-,15-,17-;2*11-,12-,13-,14+;2*10-,11-,12-,13+/m11111/s1. The van der Waals surface area contributed by atoms with Crippen LogP contribution in [-0.4, -0.2) is 359 Å². The Morgan fingerprint density at radius 2 is 0.755 bits per heavy atom. The van der Waals surface area contributed by atoms with Gasteiger partial charge in [-0.2, -0.15) is 0 Å². The third kappa shape index (κ3) is 26.3. The van der Waals surface area contributed by atoms with Gasteiger partial charge >= 0.3 is 12.1 Å². The summed E-state index contributed by atoms with van der Waals surface area (Å²) in [6, 6.07) is -0.668. The summed E-state index contributed by atoms with van der Waals surface area (Å²) in [5, 5.41) is 122. The Bertz CT molecular complexity index is 3800. The third-order valence-electron chi connectivity index (χ3n) is 19.2. The summed E-state index contributed by atoms with van der Waals surface area (Å²) in [6.45, 7) is 36.0. The molecular formula is C75H121N10O18P5S2. The van der Waals surface area contributed by atoms with Crippen LogP contribution in [0.3, 0.4) is 0 Å². The summed E-state index contributed by atoms with van der Waals surface area (Å²) >= 11 is 10.1. The summed E-state index contributed by atoms with van der Waals surface area (Å²) < 4.78 is 29.3. The number of aliphatic hydroxyl groups is 10. The highest BCUT2D eigenvalue weighted by atomic mass is 32.1. The molecule has 5 fully saturated rings.